The smallest absolute Gasteiger partial charge is 0.214 e. The highest BCUT2D eigenvalue weighted by molar-refractivity contribution is 6.89. The first-order chi connectivity index (χ1) is 4.51. The molecule has 1 aliphatic rings. The molecule has 0 saturated carbocycles. The van der Waals surface area contributed by atoms with Gasteiger partial charge < -0.3 is 4.79 Å². The van der Waals surface area contributed by atoms with Gasteiger partial charge in [0.1, 0.15) is 5.68 Å². The van der Waals surface area contributed by atoms with E-state index < -0.39 is 0 Å². The molecule has 1 saturated heterocycles. The highest BCUT2D eigenvalue weighted by atomic mass is 16.2. The molecule has 53 valence electrons. The van der Waals surface area contributed by atoms with Crippen LogP contribution in [0.2, 0.25) is 6.32 Å². The molecule has 0 aromatic carbocycles. The van der Waals surface area contributed by atoms with E-state index in [4.69, 9.17) is 0 Å². The van der Waals surface area contributed by atoms with Gasteiger partial charge in [-0.05, 0) is 5.41 Å². The Morgan fingerprint density at radius 3 is 2.40 bits per heavy atom. The lowest BCUT2D eigenvalue weighted by Gasteiger charge is -2.26. The molecule has 0 unspecified atom stereocenters. The van der Waals surface area contributed by atoms with Crippen LogP contribution in [0.5, 0.6) is 0 Å². The van der Waals surface area contributed by atoms with Crippen molar-refractivity contribution in [2.24, 2.45) is 5.41 Å². The largest absolute Gasteiger partial charge is 0.303 e. The lowest BCUT2D eigenvalue weighted by Crippen LogP contribution is -2.35. The lowest BCUT2D eigenvalue weighted by molar-refractivity contribution is -0.134. The van der Waals surface area contributed by atoms with Crippen LogP contribution in [0.3, 0.4) is 0 Å². The summed E-state index contributed by atoms with van der Waals surface area (Å²) in [6, 6.07) is 0. The number of hydrogen-bond donors (Lipinski definition) is 0. The van der Waals surface area contributed by atoms with Gasteiger partial charge in [-0.1, -0.05) is 20.2 Å². The normalized spacial score (nSPS) is 24.2. The minimum atomic E-state index is -0.306. The van der Waals surface area contributed by atoms with Crippen LogP contribution in [0.1, 0.15) is 20.3 Å². The zero-order valence-corrected chi connectivity index (χ0v) is 6.31. The van der Waals surface area contributed by atoms with E-state index in [2.05, 4.69) is 0 Å². The minimum Gasteiger partial charge on any atom is -0.303 e. The molecule has 1 fully saturated rings. The standard InChI is InChI=1S/C7H10BO2/c1-7(2)3-5(9)6(10)8-4-7/h3-4H2,1-2H3. The van der Waals surface area contributed by atoms with Crippen LogP contribution in [-0.4, -0.2) is 18.7 Å². The van der Waals surface area contributed by atoms with Gasteiger partial charge in [0.15, 0.2) is 5.78 Å². The fraction of sp³-hybridized carbons (Fsp3) is 0.714. The predicted molar refractivity (Wildman–Crippen MR) is 39.0 cm³/mol. The third kappa shape index (κ3) is 1.46. The summed E-state index contributed by atoms with van der Waals surface area (Å²) in [5.41, 5.74) is -0.301. The average molecular weight is 137 g/mol. The molecule has 0 aromatic heterocycles. The molecule has 1 aliphatic heterocycles. The summed E-state index contributed by atoms with van der Waals surface area (Å²) < 4.78 is 0. The highest BCUT2D eigenvalue weighted by Crippen LogP contribution is 2.28. The van der Waals surface area contributed by atoms with Crippen molar-refractivity contribution in [1.82, 2.24) is 0 Å². The summed E-state index contributed by atoms with van der Waals surface area (Å²) in [5.74, 6) is -0.240. The number of ketones is 1. The minimum absolute atomic E-state index is 0.00495. The van der Waals surface area contributed by atoms with Crippen LogP contribution in [0, 0.1) is 5.41 Å². The van der Waals surface area contributed by atoms with Crippen molar-refractivity contribution in [2.45, 2.75) is 26.6 Å². The third-order valence-electron chi connectivity index (χ3n) is 1.75. The molecular weight excluding hydrogens is 127 g/mol. The molecule has 0 N–H and O–H groups in total. The topological polar surface area (TPSA) is 34.1 Å². The lowest BCUT2D eigenvalue weighted by atomic mass is 9.54. The van der Waals surface area contributed by atoms with Crippen molar-refractivity contribution in [3.05, 3.63) is 0 Å². The van der Waals surface area contributed by atoms with Gasteiger partial charge in [-0.25, -0.2) is 0 Å². The Labute approximate surface area is 61.2 Å². The van der Waals surface area contributed by atoms with Crippen molar-refractivity contribution in [3.63, 3.8) is 0 Å². The molecule has 0 aromatic rings. The molecule has 0 spiro atoms. The number of carbonyl (C=O) groups excluding carboxylic acids is 2. The van der Waals surface area contributed by atoms with Crippen LogP contribution < -0.4 is 0 Å². The molecule has 10 heavy (non-hydrogen) atoms. The third-order valence-corrected chi connectivity index (χ3v) is 1.75. The van der Waals surface area contributed by atoms with E-state index >= 15 is 0 Å². The maximum atomic E-state index is 10.8. The summed E-state index contributed by atoms with van der Waals surface area (Å²) in [7, 11) is 1.49. The summed E-state index contributed by atoms with van der Waals surface area (Å²) in [4.78, 5) is 21.5. The van der Waals surface area contributed by atoms with Gasteiger partial charge in [-0.2, -0.15) is 0 Å². The molecule has 0 aliphatic carbocycles. The Morgan fingerprint density at radius 2 is 2.00 bits per heavy atom. The molecule has 3 heteroatoms. The molecule has 1 rings (SSSR count). The van der Waals surface area contributed by atoms with E-state index in [-0.39, 0.29) is 16.9 Å². The zero-order valence-electron chi connectivity index (χ0n) is 6.31. The molecule has 0 atom stereocenters. The summed E-state index contributed by atoms with van der Waals surface area (Å²) in [5, 5.41) is 0. The van der Waals surface area contributed by atoms with Crippen molar-refractivity contribution in [1.29, 1.82) is 0 Å². The van der Waals surface area contributed by atoms with Gasteiger partial charge in [0.25, 0.3) is 0 Å². The molecule has 1 heterocycles. The van der Waals surface area contributed by atoms with Gasteiger partial charge in [0, 0.05) is 6.42 Å². The molecule has 0 amide bonds. The monoisotopic (exact) mass is 137 g/mol. The number of carbonyl (C=O) groups is 2. The SMILES string of the molecule is CC1(C)C[B]C(=O)C(=O)C1. The van der Waals surface area contributed by atoms with Crippen molar-refractivity contribution in [2.75, 3.05) is 0 Å². The number of Topliss-reactive ketones (excluding diaryl/α,β-unsaturated/α-hetero) is 1. The quantitative estimate of drug-likeness (QED) is 0.362. The Balaban J connectivity index is 2.66. The Bertz CT molecular complexity index is 184. The van der Waals surface area contributed by atoms with Gasteiger partial charge in [0.05, 0.1) is 0 Å². The van der Waals surface area contributed by atoms with Crippen LogP contribution in [0.15, 0.2) is 0 Å². The zero-order chi connectivity index (χ0) is 7.78. The second-order valence-electron chi connectivity index (χ2n) is 3.54. The second kappa shape index (κ2) is 2.22. The van der Waals surface area contributed by atoms with Crippen molar-refractivity contribution in [3.8, 4) is 0 Å². The maximum absolute atomic E-state index is 10.8. The van der Waals surface area contributed by atoms with Crippen LogP contribution in [0.4, 0.5) is 0 Å². The van der Waals surface area contributed by atoms with Gasteiger partial charge >= 0.3 is 0 Å². The van der Waals surface area contributed by atoms with Crippen molar-refractivity contribution >= 4 is 18.7 Å². The summed E-state index contributed by atoms with van der Waals surface area (Å²) in [6.07, 6.45) is 1.14. The maximum Gasteiger partial charge on any atom is 0.214 e. The van der Waals surface area contributed by atoms with E-state index in [1.807, 2.05) is 13.8 Å². The van der Waals surface area contributed by atoms with E-state index in [0.29, 0.717) is 6.42 Å². The molecular formula is C7H10BO2. The second-order valence-corrected chi connectivity index (χ2v) is 3.54. The van der Waals surface area contributed by atoms with E-state index in [1.165, 1.54) is 7.28 Å². The molecule has 1 radical (unpaired) electrons. The van der Waals surface area contributed by atoms with Gasteiger partial charge in [0.2, 0.25) is 7.28 Å². The average Bonchev–Trinajstić information content (AvgIpc) is 1.79. The number of hydrogen-bond acceptors (Lipinski definition) is 2. The van der Waals surface area contributed by atoms with E-state index in [0.717, 1.165) is 6.32 Å². The summed E-state index contributed by atoms with van der Waals surface area (Å²) >= 11 is 0. The Morgan fingerprint density at radius 1 is 1.40 bits per heavy atom. The molecule has 2 nitrogen and oxygen atoms in total. The van der Waals surface area contributed by atoms with Gasteiger partial charge in [-0.3, -0.25) is 4.79 Å². The first-order valence-electron chi connectivity index (χ1n) is 3.42. The van der Waals surface area contributed by atoms with E-state index in [9.17, 15) is 9.59 Å². The number of rotatable bonds is 0. The van der Waals surface area contributed by atoms with Crippen LogP contribution in [0.25, 0.3) is 0 Å². The van der Waals surface area contributed by atoms with Crippen LogP contribution in [-0.2, 0) is 9.59 Å². The predicted octanol–water partition coefficient (Wildman–Crippen LogP) is 0.634. The molecule has 0 bridgehead atoms. The Kier molecular flexibility index (Phi) is 1.67. The fourth-order valence-electron chi connectivity index (χ4n) is 1.08. The summed E-state index contributed by atoms with van der Waals surface area (Å²) in [6.45, 7) is 3.99. The first-order valence-corrected chi connectivity index (χ1v) is 3.42. The van der Waals surface area contributed by atoms with Crippen molar-refractivity contribution < 1.29 is 9.59 Å². The highest BCUT2D eigenvalue weighted by Gasteiger charge is 2.32. The van der Waals surface area contributed by atoms with E-state index in [1.54, 1.807) is 0 Å². The fourth-order valence-corrected chi connectivity index (χ4v) is 1.08. The first kappa shape index (κ1) is 7.51. The Hall–Kier alpha value is -0.595. The van der Waals surface area contributed by atoms with Crippen LogP contribution >= 0.6 is 0 Å². The van der Waals surface area contributed by atoms with Gasteiger partial charge in [-0.15, -0.1) is 0 Å².